The Morgan fingerprint density at radius 3 is 2.81 bits per heavy atom. The molecule has 2 unspecified atom stereocenters. The van der Waals surface area contributed by atoms with Crippen molar-refractivity contribution in [2.45, 2.75) is 69.6 Å². The molecule has 0 aromatic carbocycles. The topological polar surface area (TPSA) is 41.5 Å². The molecule has 2 fully saturated rings. The average Bonchev–Trinajstić information content (AvgIpc) is 2.74. The number of aliphatic hydroxyl groups excluding tert-OH is 1. The van der Waals surface area contributed by atoms with Gasteiger partial charge in [-0.1, -0.05) is 19.8 Å². The molecule has 1 saturated heterocycles. The minimum atomic E-state index is 0.184. The molecule has 1 saturated carbocycles. The molecule has 0 radical (unpaired) electrons. The number of aliphatic hydroxyl groups is 1. The van der Waals surface area contributed by atoms with Gasteiger partial charge in [0.25, 0.3) is 0 Å². The predicted molar refractivity (Wildman–Crippen MR) is 64.5 cm³/mol. The summed E-state index contributed by atoms with van der Waals surface area (Å²) in [6, 6.07) is 0.811. The van der Waals surface area contributed by atoms with Gasteiger partial charge in [0.1, 0.15) is 0 Å². The van der Waals surface area contributed by atoms with Crippen molar-refractivity contribution < 1.29 is 9.84 Å². The van der Waals surface area contributed by atoms with Gasteiger partial charge in [-0.05, 0) is 32.1 Å². The molecule has 0 aromatic heterocycles. The molecular formula is C13H25NO2. The van der Waals surface area contributed by atoms with Crippen LogP contribution in [-0.2, 0) is 4.74 Å². The van der Waals surface area contributed by atoms with Gasteiger partial charge >= 0.3 is 0 Å². The number of hydrogen-bond donors (Lipinski definition) is 2. The maximum Gasteiger partial charge on any atom is 0.0697 e. The minimum Gasteiger partial charge on any atom is -0.395 e. The van der Waals surface area contributed by atoms with Crippen molar-refractivity contribution in [3.05, 3.63) is 0 Å². The summed E-state index contributed by atoms with van der Waals surface area (Å²) in [7, 11) is 0. The summed E-state index contributed by atoms with van der Waals surface area (Å²) in [5.41, 5.74) is 0.184. The van der Waals surface area contributed by atoms with E-state index in [1.54, 1.807) is 0 Å². The zero-order valence-corrected chi connectivity index (χ0v) is 10.4. The second kappa shape index (κ2) is 5.48. The summed E-state index contributed by atoms with van der Waals surface area (Å²) >= 11 is 0. The summed E-state index contributed by atoms with van der Waals surface area (Å²) in [6.45, 7) is 3.26. The normalized spacial score (nSPS) is 30.8. The van der Waals surface area contributed by atoms with Gasteiger partial charge in [0, 0.05) is 18.7 Å². The molecule has 1 aliphatic heterocycles. The van der Waals surface area contributed by atoms with Crippen LogP contribution in [0.3, 0.4) is 0 Å². The van der Waals surface area contributed by atoms with Gasteiger partial charge in [0.15, 0.2) is 0 Å². The summed E-state index contributed by atoms with van der Waals surface area (Å²) in [6.07, 6.45) is 8.36. The Kier molecular flexibility index (Phi) is 4.22. The lowest BCUT2D eigenvalue weighted by molar-refractivity contribution is -0.0853. The van der Waals surface area contributed by atoms with Gasteiger partial charge in [-0.2, -0.15) is 0 Å². The van der Waals surface area contributed by atoms with Gasteiger partial charge in [-0.3, -0.25) is 0 Å². The van der Waals surface area contributed by atoms with Crippen LogP contribution in [0.15, 0.2) is 0 Å². The van der Waals surface area contributed by atoms with Crippen LogP contribution in [0.25, 0.3) is 0 Å². The van der Waals surface area contributed by atoms with Crippen molar-refractivity contribution in [3.63, 3.8) is 0 Å². The first-order valence-corrected chi connectivity index (χ1v) is 6.79. The average molecular weight is 227 g/mol. The molecule has 0 bridgehead atoms. The summed E-state index contributed by atoms with van der Waals surface area (Å²) in [5, 5.41) is 12.8. The van der Waals surface area contributed by atoms with Crippen LogP contribution in [0.1, 0.15) is 51.9 Å². The Labute approximate surface area is 98.6 Å². The zero-order valence-electron chi connectivity index (χ0n) is 10.4. The highest BCUT2D eigenvalue weighted by Crippen LogP contribution is 2.40. The fraction of sp³-hybridized carbons (Fsp3) is 1.00. The molecule has 3 nitrogen and oxygen atoms in total. The van der Waals surface area contributed by atoms with Crippen LogP contribution in [0.5, 0.6) is 0 Å². The van der Waals surface area contributed by atoms with E-state index in [4.69, 9.17) is 4.74 Å². The third-order valence-corrected chi connectivity index (χ3v) is 4.19. The van der Waals surface area contributed by atoms with Crippen LogP contribution in [0.4, 0.5) is 0 Å². The third kappa shape index (κ3) is 2.76. The van der Waals surface area contributed by atoms with E-state index in [1.165, 1.54) is 25.7 Å². The Bertz CT molecular complexity index is 210. The molecule has 3 heteroatoms. The van der Waals surface area contributed by atoms with E-state index >= 15 is 0 Å². The van der Waals surface area contributed by atoms with E-state index in [9.17, 15) is 5.11 Å². The lowest BCUT2D eigenvalue weighted by Gasteiger charge is -2.39. The molecule has 1 aliphatic carbocycles. The number of hydrogen-bond acceptors (Lipinski definition) is 3. The van der Waals surface area contributed by atoms with E-state index < -0.39 is 0 Å². The van der Waals surface area contributed by atoms with E-state index in [0.29, 0.717) is 6.04 Å². The van der Waals surface area contributed by atoms with Gasteiger partial charge in [-0.25, -0.2) is 0 Å². The first-order valence-electron chi connectivity index (χ1n) is 6.79. The first kappa shape index (κ1) is 12.3. The van der Waals surface area contributed by atoms with Crippen LogP contribution in [0, 0.1) is 0 Å². The fourth-order valence-corrected chi connectivity index (χ4v) is 3.17. The van der Waals surface area contributed by atoms with Crippen molar-refractivity contribution in [2.24, 2.45) is 0 Å². The highest BCUT2D eigenvalue weighted by Gasteiger charge is 2.40. The number of ether oxygens (including phenoxy) is 1. The van der Waals surface area contributed by atoms with Gasteiger partial charge < -0.3 is 15.2 Å². The second-order valence-corrected chi connectivity index (χ2v) is 5.38. The fourth-order valence-electron chi connectivity index (χ4n) is 3.17. The van der Waals surface area contributed by atoms with Crippen molar-refractivity contribution in [3.8, 4) is 0 Å². The van der Waals surface area contributed by atoms with Gasteiger partial charge in [0.2, 0.25) is 0 Å². The Hall–Kier alpha value is -0.120. The van der Waals surface area contributed by atoms with E-state index in [2.05, 4.69) is 12.2 Å². The molecular weight excluding hydrogens is 202 g/mol. The second-order valence-electron chi connectivity index (χ2n) is 5.38. The lowest BCUT2D eigenvalue weighted by Crippen LogP contribution is -2.49. The van der Waals surface area contributed by atoms with E-state index in [1.807, 2.05) is 0 Å². The summed E-state index contributed by atoms with van der Waals surface area (Å²) in [5.74, 6) is 0. The largest absolute Gasteiger partial charge is 0.395 e. The Morgan fingerprint density at radius 1 is 1.44 bits per heavy atom. The minimum absolute atomic E-state index is 0.184. The Balaban J connectivity index is 1.86. The van der Waals surface area contributed by atoms with Crippen LogP contribution in [-0.4, -0.2) is 36.0 Å². The third-order valence-electron chi connectivity index (χ3n) is 4.19. The van der Waals surface area contributed by atoms with E-state index in [-0.39, 0.29) is 18.2 Å². The molecule has 94 valence electrons. The monoisotopic (exact) mass is 227 g/mol. The molecule has 0 amide bonds. The SMILES string of the molecule is CCC(CO)NC1CCOC2(CCCC2)C1. The highest BCUT2D eigenvalue weighted by atomic mass is 16.5. The molecule has 2 rings (SSSR count). The predicted octanol–water partition coefficient (Wildman–Crippen LogP) is 1.84. The molecule has 2 N–H and O–H groups in total. The van der Waals surface area contributed by atoms with E-state index in [0.717, 1.165) is 25.9 Å². The summed E-state index contributed by atoms with van der Waals surface area (Å²) in [4.78, 5) is 0. The quantitative estimate of drug-likeness (QED) is 0.770. The van der Waals surface area contributed by atoms with Crippen molar-refractivity contribution >= 4 is 0 Å². The smallest absolute Gasteiger partial charge is 0.0697 e. The molecule has 16 heavy (non-hydrogen) atoms. The summed E-state index contributed by atoms with van der Waals surface area (Å²) < 4.78 is 6.00. The maximum absolute atomic E-state index is 9.22. The van der Waals surface area contributed by atoms with Crippen LogP contribution < -0.4 is 5.32 Å². The van der Waals surface area contributed by atoms with Crippen molar-refractivity contribution in [2.75, 3.05) is 13.2 Å². The molecule has 2 aliphatic rings. The molecule has 1 spiro atoms. The van der Waals surface area contributed by atoms with Gasteiger partial charge in [0.05, 0.1) is 12.2 Å². The molecule has 2 atom stereocenters. The maximum atomic E-state index is 9.22. The Morgan fingerprint density at radius 2 is 2.19 bits per heavy atom. The highest BCUT2D eigenvalue weighted by molar-refractivity contribution is 4.94. The number of nitrogens with one attached hydrogen (secondary N) is 1. The standard InChI is InChI=1S/C13H25NO2/c1-2-11(10-15)14-12-5-8-16-13(9-12)6-3-4-7-13/h11-12,14-15H,2-10H2,1H3. The van der Waals surface area contributed by atoms with Crippen molar-refractivity contribution in [1.82, 2.24) is 5.32 Å². The van der Waals surface area contributed by atoms with Crippen LogP contribution >= 0.6 is 0 Å². The molecule has 0 aromatic rings. The van der Waals surface area contributed by atoms with Crippen molar-refractivity contribution in [1.29, 1.82) is 0 Å². The van der Waals surface area contributed by atoms with Crippen LogP contribution in [0.2, 0.25) is 0 Å². The zero-order chi connectivity index (χ0) is 11.4. The number of rotatable bonds is 4. The van der Waals surface area contributed by atoms with Gasteiger partial charge in [-0.15, -0.1) is 0 Å². The first-order chi connectivity index (χ1) is 7.78. The molecule has 1 heterocycles. The lowest BCUT2D eigenvalue weighted by atomic mass is 9.88.